The molecular weight excluding hydrogens is 342 g/mol. The molecule has 0 bridgehead atoms. The third-order valence-electron chi connectivity index (χ3n) is 4.27. The van der Waals surface area contributed by atoms with E-state index in [0.29, 0.717) is 37.4 Å². The molecule has 26 heavy (non-hydrogen) atoms. The average Bonchev–Trinajstić information content (AvgIpc) is 3.21. The van der Waals surface area contributed by atoms with Crippen molar-refractivity contribution in [2.45, 2.75) is 0 Å². The number of non-ortho nitro benzene ring substituents is 1. The van der Waals surface area contributed by atoms with Gasteiger partial charge < -0.3 is 19.0 Å². The predicted molar refractivity (Wildman–Crippen MR) is 91.3 cm³/mol. The predicted octanol–water partition coefficient (Wildman–Crippen LogP) is 1.94. The summed E-state index contributed by atoms with van der Waals surface area (Å²) in [6.45, 7) is 1.90. The van der Waals surface area contributed by atoms with Crippen molar-refractivity contribution in [1.82, 2.24) is 4.90 Å². The van der Waals surface area contributed by atoms with E-state index in [2.05, 4.69) is 0 Å². The topological polar surface area (TPSA) is 106 Å². The molecular formula is C17H17N3O6. The molecule has 3 rings (SSSR count). The summed E-state index contributed by atoms with van der Waals surface area (Å²) in [7, 11) is 1.23. The first-order valence-corrected chi connectivity index (χ1v) is 7.94. The Morgan fingerprint density at radius 2 is 1.92 bits per heavy atom. The number of carbonyl (C=O) groups is 2. The maximum Gasteiger partial charge on any atom is 0.340 e. The van der Waals surface area contributed by atoms with Crippen LogP contribution in [0.1, 0.15) is 20.7 Å². The summed E-state index contributed by atoms with van der Waals surface area (Å²) in [5.41, 5.74) is 1.00. The van der Waals surface area contributed by atoms with Gasteiger partial charge in [0.05, 0.1) is 35.1 Å². The van der Waals surface area contributed by atoms with E-state index in [4.69, 9.17) is 9.15 Å². The molecule has 1 aliphatic heterocycles. The van der Waals surface area contributed by atoms with Gasteiger partial charge in [-0.1, -0.05) is 0 Å². The Morgan fingerprint density at radius 1 is 1.19 bits per heavy atom. The van der Waals surface area contributed by atoms with Crippen LogP contribution in [0.25, 0.3) is 0 Å². The van der Waals surface area contributed by atoms with Gasteiger partial charge in [0.15, 0.2) is 0 Å². The minimum Gasteiger partial charge on any atom is -0.472 e. The van der Waals surface area contributed by atoms with E-state index in [1.54, 1.807) is 11.0 Å². The number of hydrogen-bond acceptors (Lipinski definition) is 7. The number of nitro benzene ring substituents is 1. The number of methoxy groups -OCH3 is 1. The molecule has 9 nitrogen and oxygen atoms in total. The van der Waals surface area contributed by atoms with Crippen molar-refractivity contribution in [3.8, 4) is 0 Å². The monoisotopic (exact) mass is 359 g/mol. The summed E-state index contributed by atoms with van der Waals surface area (Å²) in [6, 6.07) is 5.72. The average molecular weight is 359 g/mol. The number of esters is 1. The lowest BCUT2D eigenvalue weighted by Crippen LogP contribution is -2.49. The highest BCUT2D eigenvalue weighted by atomic mass is 16.6. The highest BCUT2D eigenvalue weighted by Crippen LogP contribution is 2.27. The van der Waals surface area contributed by atoms with Crippen LogP contribution in [0.2, 0.25) is 0 Å². The number of ether oxygens (including phenoxy) is 1. The number of furan rings is 1. The fourth-order valence-corrected chi connectivity index (χ4v) is 2.91. The van der Waals surface area contributed by atoms with Crippen LogP contribution < -0.4 is 4.90 Å². The Balaban J connectivity index is 1.77. The molecule has 2 aromatic rings. The van der Waals surface area contributed by atoms with Crippen molar-refractivity contribution in [1.29, 1.82) is 0 Å². The third-order valence-corrected chi connectivity index (χ3v) is 4.27. The van der Waals surface area contributed by atoms with Gasteiger partial charge in [0.2, 0.25) is 0 Å². The minimum atomic E-state index is -0.638. The molecule has 1 aliphatic rings. The number of piperazine rings is 1. The highest BCUT2D eigenvalue weighted by molar-refractivity contribution is 5.97. The molecule has 0 radical (unpaired) electrons. The van der Waals surface area contributed by atoms with Crippen molar-refractivity contribution >= 4 is 23.3 Å². The summed E-state index contributed by atoms with van der Waals surface area (Å²) in [5, 5.41) is 11.0. The second-order valence-corrected chi connectivity index (χ2v) is 5.74. The molecule has 9 heteroatoms. The van der Waals surface area contributed by atoms with Gasteiger partial charge in [-0.2, -0.15) is 0 Å². The number of amides is 1. The zero-order valence-electron chi connectivity index (χ0n) is 14.1. The molecule has 0 spiro atoms. The number of benzene rings is 1. The molecule has 1 saturated heterocycles. The van der Waals surface area contributed by atoms with E-state index in [-0.39, 0.29) is 17.2 Å². The third kappa shape index (κ3) is 3.37. The molecule has 2 heterocycles. The van der Waals surface area contributed by atoms with Crippen LogP contribution >= 0.6 is 0 Å². The van der Waals surface area contributed by atoms with Gasteiger partial charge in [-0.3, -0.25) is 14.9 Å². The Morgan fingerprint density at radius 3 is 2.50 bits per heavy atom. The van der Waals surface area contributed by atoms with Crippen LogP contribution in [0.5, 0.6) is 0 Å². The molecule has 1 fully saturated rings. The Bertz CT molecular complexity index is 825. The maximum absolute atomic E-state index is 12.3. The standard InChI is InChI=1S/C17H17N3O6/c1-25-17(22)14-10-13(20(23)24)2-3-15(14)18-5-7-19(8-6-18)16(21)12-4-9-26-11-12/h2-4,9-11H,5-8H2,1H3. The molecule has 0 aliphatic carbocycles. The van der Waals surface area contributed by atoms with Crippen LogP contribution in [-0.4, -0.2) is 55.0 Å². The van der Waals surface area contributed by atoms with Crippen molar-refractivity contribution in [2.75, 3.05) is 38.2 Å². The van der Waals surface area contributed by atoms with Crippen LogP contribution in [-0.2, 0) is 4.74 Å². The first-order valence-electron chi connectivity index (χ1n) is 7.94. The van der Waals surface area contributed by atoms with Gasteiger partial charge in [-0.25, -0.2) is 4.79 Å². The van der Waals surface area contributed by atoms with Crippen molar-refractivity contribution in [3.63, 3.8) is 0 Å². The number of nitrogens with zero attached hydrogens (tertiary/aromatic N) is 3. The van der Waals surface area contributed by atoms with Gasteiger partial charge >= 0.3 is 5.97 Å². The Hall–Kier alpha value is -3.36. The molecule has 1 aromatic heterocycles. The van der Waals surface area contributed by atoms with E-state index >= 15 is 0 Å². The van der Waals surface area contributed by atoms with Crippen LogP contribution in [0.4, 0.5) is 11.4 Å². The van der Waals surface area contributed by atoms with Gasteiger partial charge in [0, 0.05) is 38.3 Å². The molecule has 0 unspecified atom stereocenters. The molecule has 136 valence electrons. The number of carbonyl (C=O) groups excluding carboxylic acids is 2. The Kier molecular flexibility index (Phi) is 4.87. The first-order chi connectivity index (χ1) is 12.5. The second kappa shape index (κ2) is 7.26. The normalized spacial score (nSPS) is 14.2. The lowest BCUT2D eigenvalue weighted by atomic mass is 10.1. The largest absolute Gasteiger partial charge is 0.472 e. The number of nitro groups is 1. The summed E-state index contributed by atoms with van der Waals surface area (Å²) in [6.07, 6.45) is 2.85. The summed E-state index contributed by atoms with van der Waals surface area (Å²) in [4.78, 5) is 38.4. The molecule has 0 atom stereocenters. The van der Waals surface area contributed by atoms with Gasteiger partial charge in [0.1, 0.15) is 6.26 Å². The van der Waals surface area contributed by atoms with Crippen LogP contribution in [0, 0.1) is 10.1 Å². The van der Waals surface area contributed by atoms with E-state index in [0.717, 1.165) is 0 Å². The molecule has 1 amide bonds. The maximum atomic E-state index is 12.3. The minimum absolute atomic E-state index is 0.115. The molecule has 0 N–H and O–H groups in total. The van der Waals surface area contributed by atoms with Crippen molar-refractivity contribution in [2.24, 2.45) is 0 Å². The SMILES string of the molecule is COC(=O)c1cc([N+](=O)[O-])ccc1N1CCN(C(=O)c2ccoc2)CC1. The number of rotatable bonds is 4. The van der Waals surface area contributed by atoms with Gasteiger partial charge in [-0.15, -0.1) is 0 Å². The van der Waals surface area contributed by atoms with E-state index < -0.39 is 10.9 Å². The second-order valence-electron chi connectivity index (χ2n) is 5.74. The zero-order valence-corrected chi connectivity index (χ0v) is 14.1. The van der Waals surface area contributed by atoms with Crippen molar-refractivity contribution in [3.05, 3.63) is 58.0 Å². The summed E-state index contributed by atoms with van der Waals surface area (Å²) < 4.78 is 9.69. The molecule has 0 saturated carbocycles. The highest BCUT2D eigenvalue weighted by Gasteiger charge is 2.26. The fraction of sp³-hybridized carbons (Fsp3) is 0.294. The van der Waals surface area contributed by atoms with Gasteiger partial charge in [0.25, 0.3) is 11.6 Å². The summed E-state index contributed by atoms with van der Waals surface area (Å²) in [5.74, 6) is -0.754. The zero-order chi connectivity index (χ0) is 18.7. The first kappa shape index (κ1) is 17.5. The van der Waals surface area contributed by atoms with Gasteiger partial charge in [-0.05, 0) is 12.1 Å². The smallest absolute Gasteiger partial charge is 0.340 e. The van der Waals surface area contributed by atoms with E-state index in [1.165, 1.54) is 37.8 Å². The van der Waals surface area contributed by atoms with E-state index in [9.17, 15) is 19.7 Å². The molecule has 1 aromatic carbocycles. The van der Waals surface area contributed by atoms with Crippen molar-refractivity contribution < 1.29 is 23.7 Å². The fourth-order valence-electron chi connectivity index (χ4n) is 2.91. The number of anilines is 1. The summed E-state index contributed by atoms with van der Waals surface area (Å²) >= 11 is 0. The lowest BCUT2D eigenvalue weighted by Gasteiger charge is -2.36. The Labute approximate surface area is 148 Å². The van der Waals surface area contributed by atoms with Crippen LogP contribution in [0.3, 0.4) is 0 Å². The number of hydrogen-bond donors (Lipinski definition) is 0. The lowest BCUT2D eigenvalue weighted by molar-refractivity contribution is -0.384. The van der Waals surface area contributed by atoms with E-state index in [1.807, 2.05) is 4.90 Å². The quantitative estimate of drug-likeness (QED) is 0.466. The van der Waals surface area contributed by atoms with Crippen LogP contribution in [0.15, 0.2) is 41.2 Å².